The molecule has 0 radical (unpaired) electrons. The largest absolute Gasteiger partial charge is 0.481 e. The normalized spacial score (nSPS) is 31.2. The summed E-state index contributed by atoms with van der Waals surface area (Å²) in [5.74, 6) is -0.768. The molecule has 1 amide bonds. The number of rotatable bonds is 5. The average Bonchev–Trinajstić information content (AvgIpc) is 2.91. The second-order valence-electron chi connectivity index (χ2n) is 6.79. The summed E-state index contributed by atoms with van der Waals surface area (Å²) in [4.78, 5) is 26.0. The lowest BCUT2D eigenvalue weighted by Crippen LogP contribution is -2.40. The Balaban J connectivity index is 1.83. The molecule has 2 rings (SSSR count). The smallest absolute Gasteiger partial charge is 0.307 e. The highest BCUT2D eigenvalue weighted by atomic mass is 16.4. The molecule has 1 saturated heterocycles. The first-order chi connectivity index (χ1) is 10.0. The van der Waals surface area contributed by atoms with Gasteiger partial charge in [-0.1, -0.05) is 13.3 Å². The zero-order valence-corrected chi connectivity index (χ0v) is 13.2. The van der Waals surface area contributed by atoms with Gasteiger partial charge >= 0.3 is 5.97 Å². The summed E-state index contributed by atoms with van der Waals surface area (Å²) in [6, 6.07) is 0. The number of nitrogens with zero attached hydrogens (tertiary/aromatic N) is 1. The monoisotopic (exact) mass is 296 g/mol. The molecule has 1 saturated carbocycles. The van der Waals surface area contributed by atoms with Crippen molar-refractivity contribution < 1.29 is 14.7 Å². The van der Waals surface area contributed by atoms with Crippen molar-refractivity contribution in [1.82, 2.24) is 10.2 Å². The Bertz CT molecular complexity index is 378. The van der Waals surface area contributed by atoms with Crippen LogP contribution in [0.3, 0.4) is 0 Å². The van der Waals surface area contributed by atoms with E-state index in [0.29, 0.717) is 24.8 Å². The van der Waals surface area contributed by atoms with Gasteiger partial charge in [0.25, 0.3) is 0 Å². The third-order valence-corrected chi connectivity index (χ3v) is 5.29. The molecule has 21 heavy (non-hydrogen) atoms. The van der Waals surface area contributed by atoms with Crippen LogP contribution >= 0.6 is 0 Å². The first-order valence-electron chi connectivity index (χ1n) is 8.20. The number of likely N-dealkylation sites (tertiary alicyclic amines) is 1. The number of carboxylic acids is 1. The molecule has 1 aliphatic heterocycles. The van der Waals surface area contributed by atoms with Gasteiger partial charge in [-0.05, 0) is 57.7 Å². The molecule has 2 fully saturated rings. The molecule has 2 N–H and O–H groups in total. The number of aliphatic carboxylic acids is 1. The van der Waals surface area contributed by atoms with E-state index in [0.717, 1.165) is 38.8 Å². The molecule has 0 aromatic rings. The Morgan fingerprint density at radius 2 is 1.76 bits per heavy atom. The van der Waals surface area contributed by atoms with Crippen LogP contribution < -0.4 is 5.32 Å². The Hall–Kier alpha value is -1.10. The Kier molecular flexibility index (Phi) is 5.62. The van der Waals surface area contributed by atoms with Crippen molar-refractivity contribution in [2.45, 2.75) is 39.0 Å². The maximum absolute atomic E-state index is 12.3. The number of nitrogens with one attached hydrogen (secondary N) is 1. The van der Waals surface area contributed by atoms with Gasteiger partial charge in [0.05, 0.1) is 11.8 Å². The topological polar surface area (TPSA) is 69.6 Å². The molecule has 0 spiro atoms. The van der Waals surface area contributed by atoms with Crippen molar-refractivity contribution in [2.24, 2.45) is 23.7 Å². The maximum Gasteiger partial charge on any atom is 0.307 e. The predicted molar refractivity (Wildman–Crippen MR) is 80.9 cm³/mol. The summed E-state index contributed by atoms with van der Waals surface area (Å²) in [5, 5.41) is 12.3. The first-order valence-corrected chi connectivity index (χ1v) is 8.20. The molecule has 0 bridgehead atoms. The fraction of sp³-hybridized carbons (Fsp3) is 0.875. The minimum absolute atomic E-state index is 0.0442. The fourth-order valence-electron chi connectivity index (χ4n) is 3.68. The second-order valence-corrected chi connectivity index (χ2v) is 6.79. The third kappa shape index (κ3) is 4.19. The van der Waals surface area contributed by atoms with Crippen LogP contribution in [0.2, 0.25) is 0 Å². The van der Waals surface area contributed by atoms with E-state index in [1.807, 2.05) is 0 Å². The standard InChI is InChI=1S/C16H28N2O3/c1-3-11-8-13(14(9-11)16(20)21)15(19)17-10-12-4-6-18(2)7-5-12/h11-14H,3-10H2,1-2H3,(H,17,19)(H,20,21). The minimum atomic E-state index is -0.814. The summed E-state index contributed by atoms with van der Waals surface area (Å²) < 4.78 is 0. The van der Waals surface area contributed by atoms with Crippen LogP contribution in [0, 0.1) is 23.7 Å². The van der Waals surface area contributed by atoms with Gasteiger partial charge in [0.1, 0.15) is 0 Å². The first kappa shape index (κ1) is 16.3. The van der Waals surface area contributed by atoms with E-state index in [9.17, 15) is 14.7 Å². The molecule has 120 valence electrons. The Morgan fingerprint density at radius 1 is 1.14 bits per heavy atom. The van der Waals surface area contributed by atoms with Crippen molar-refractivity contribution in [3.05, 3.63) is 0 Å². The van der Waals surface area contributed by atoms with Crippen LogP contribution in [0.4, 0.5) is 0 Å². The molecule has 3 atom stereocenters. The van der Waals surface area contributed by atoms with Gasteiger partial charge in [-0.25, -0.2) is 0 Å². The summed E-state index contributed by atoms with van der Waals surface area (Å²) in [7, 11) is 2.12. The van der Waals surface area contributed by atoms with E-state index >= 15 is 0 Å². The van der Waals surface area contributed by atoms with Crippen molar-refractivity contribution >= 4 is 11.9 Å². The fourth-order valence-corrected chi connectivity index (χ4v) is 3.68. The van der Waals surface area contributed by atoms with Crippen LogP contribution in [0.25, 0.3) is 0 Å². The Labute approximate surface area is 127 Å². The number of piperidine rings is 1. The van der Waals surface area contributed by atoms with Gasteiger partial charge in [-0.3, -0.25) is 9.59 Å². The van der Waals surface area contributed by atoms with Gasteiger partial charge in [0.15, 0.2) is 0 Å². The van der Waals surface area contributed by atoms with Crippen LogP contribution in [0.1, 0.15) is 39.0 Å². The van der Waals surface area contributed by atoms with E-state index in [-0.39, 0.29) is 11.8 Å². The highest BCUT2D eigenvalue weighted by Crippen LogP contribution is 2.38. The van der Waals surface area contributed by atoms with E-state index in [4.69, 9.17) is 0 Å². The molecular formula is C16H28N2O3. The lowest BCUT2D eigenvalue weighted by molar-refractivity contribution is -0.146. The van der Waals surface area contributed by atoms with Gasteiger partial charge in [-0.2, -0.15) is 0 Å². The summed E-state index contributed by atoms with van der Waals surface area (Å²) in [6.45, 7) is 4.94. The molecule has 1 heterocycles. The van der Waals surface area contributed by atoms with E-state index in [1.54, 1.807) is 0 Å². The van der Waals surface area contributed by atoms with E-state index in [1.165, 1.54) is 0 Å². The lowest BCUT2D eigenvalue weighted by Gasteiger charge is -2.29. The number of carbonyl (C=O) groups excluding carboxylic acids is 1. The van der Waals surface area contributed by atoms with Gasteiger partial charge in [0.2, 0.25) is 5.91 Å². The van der Waals surface area contributed by atoms with Gasteiger partial charge in [0, 0.05) is 6.54 Å². The van der Waals surface area contributed by atoms with E-state index < -0.39 is 11.9 Å². The van der Waals surface area contributed by atoms with Gasteiger partial charge in [-0.15, -0.1) is 0 Å². The Morgan fingerprint density at radius 3 is 2.33 bits per heavy atom. The highest BCUT2D eigenvalue weighted by Gasteiger charge is 2.42. The number of hydrogen-bond donors (Lipinski definition) is 2. The summed E-state index contributed by atoms with van der Waals surface area (Å²) in [5.41, 5.74) is 0. The lowest BCUT2D eigenvalue weighted by atomic mass is 9.94. The maximum atomic E-state index is 12.3. The average molecular weight is 296 g/mol. The van der Waals surface area contributed by atoms with Crippen molar-refractivity contribution in [3.8, 4) is 0 Å². The molecule has 0 aromatic heterocycles. The van der Waals surface area contributed by atoms with Crippen molar-refractivity contribution in [1.29, 1.82) is 0 Å². The zero-order chi connectivity index (χ0) is 15.4. The SMILES string of the molecule is CCC1CC(C(=O)O)C(C(=O)NCC2CCN(C)CC2)C1. The van der Waals surface area contributed by atoms with Crippen molar-refractivity contribution in [3.63, 3.8) is 0 Å². The van der Waals surface area contributed by atoms with Crippen LogP contribution in [-0.4, -0.2) is 48.6 Å². The summed E-state index contributed by atoms with van der Waals surface area (Å²) in [6.07, 6.45) is 4.57. The molecule has 3 unspecified atom stereocenters. The quantitative estimate of drug-likeness (QED) is 0.808. The molecule has 5 nitrogen and oxygen atoms in total. The number of carboxylic acid groups (broad SMARTS) is 1. The van der Waals surface area contributed by atoms with E-state index in [2.05, 4.69) is 24.2 Å². The van der Waals surface area contributed by atoms with Crippen LogP contribution in [0.15, 0.2) is 0 Å². The molecule has 5 heteroatoms. The second kappa shape index (κ2) is 7.25. The van der Waals surface area contributed by atoms with Crippen molar-refractivity contribution in [2.75, 3.05) is 26.7 Å². The molecule has 2 aliphatic rings. The van der Waals surface area contributed by atoms with Crippen LogP contribution in [-0.2, 0) is 9.59 Å². The third-order valence-electron chi connectivity index (χ3n) is 5.29. The minimum Gasteiger partial charge on any atom is -0.481 e. The zero-order valence-electron chi connectivity index (χ0n) is 13.2. The number of carbonyl (C=O) groups is 2. The highest BCUT2D eigenvalue weighted by molar-refractivity contribution is 5.85. The number of hydrogen-bond acceptors (Lipinski definition) is 3. The molecular weight excluding hydrogens is 268 g/mol. The predicted octanol–water partition coefficient (Wildman–Crippen LogP) is 1.58. The summed E-state index contributed by atoms with van der Waals surface area (Å²) >= 11 is 0. The van der Waals surface area contributed by atoms with Crippen LogP contribution in [0.5, 0.6) is 0 Å². The van der Waals surface area contributed by atoms with Gasteiger partial charge < -0.3 is 15.3 Å². The molecule has 1 aliphatic carbocycles. The molecule has 0 aromatic carbocycles. The number of amides is 1.